The standard InChI is InChI=1S/C14H26N2O3.ClH/c1-14(5-2-6-15-10-14)13(18)16-7-12(17)9-19-8-11-3-4-11;/h11-12,15,17H,2-10H2,1H3,(H,16,18);1H. The fourth-order valence-electron chi connectivity index (χ4n) is 2.39. The van der Waals surface area contributed by atoms with Gasteiger partial charge in [0.25, 0.3) is 0 Å². The van der Waals surface area contributed by atoms with Crippen LogP contribution in [0.2, 0.25) is 0 Å². The first kappa shape index (κ1) is 17.7. The van der Waals surface area contributed by atoms with E-state index in [0.717, 1.165) is 26.0 Å². The molecule has 1 aliphatic heterocycles. The molecular weight excluding hydrogens is 280 g/mol. The van der Waals surface area contributed by atoms with E-state index >= 15 is 0 Å². The summed E-state index contributed by atoms with van der Waals surface area (Å²) in [7, 11) is 0. The molecule has 2 unspecified atom stereocenters. The van der Waals surface area contributed by atoms with Gasteiger partial charge in [0.15, 0.2) is 0 Å². The molecule has 1 aliphatic carbocycles. The van der Waals surface area contributed by atoms with Crippen LogP contribution in [-0.2, 0) is 9.53 Å². The van der Waals surface area contributed by atoms with Crippen LogP contribution in [0, 0.1) is 11.3 Å². The number of piperidine rings is 1. The Balaban J connectivity index is 0.00000200. The van der Waals surface area contributed by atoms with Gasteiger partial charge in [-0.25, -0.2) is 0 Å². The Bertz CT molecular complexity index is 305. The lowest BCUT2D eigenvalue weighted by atomic mass is 9.82. The van der Waals surface area contributed by atoms with Crippen molar-refractivity contribution in [3.63, 3.8) is 0 Å². The van der Waals surface area contributed by atoms with E-state index in [-0.39, 0.29) is 30.3 Å². The van der Waals surface area contributed by atoms with Crippen LogP contribution in [0.5, 0.6) is 0 Å². The van der Waals surface area contributed by atoms with Crippen molar-refractivity contribution >= 4 is 18.3 Å². The Hall–Kier alpha value is -0.360. The molecule has 0 radical (unpaired) electrons. The molecule has 2 aliphatic rings. The molecule has 3 N–H and O–H groups in total. The van der Waals surface area contributed by atoms with Gasteiger partial charge >= 0.3 is 0 Å². The Kier molecular flexibility index (Phi) is 7.23. The molecule has 118 valence electrons. The number of aliphatic hydroxyl groups is 1. The molecule has 20 heavy (non-hydrogen) atoms. The smallest absolute Gasteiger partial charge is 0.227 e. The van der Waals surface area contributed by atoms with Gasteiger partial charge in [-0.3, -0.25) is 4.79 Å². The van der Waals surface area contributed by atoms with Gasteiger partial charge in [0, 0.05) is 19.7 Å². The SMILES string of the molecule is CC1(C(=O)NCC(O)COCC2CC2)CCCNC1.Cl. The van der Waals surface area contributed by atoms with Gasteiger partial charge in [0.05, 0.1) is 18.1 Å². The van der Waals surface area contributed by atoms with Crippen molar-refractivity contribution in [2.45, 2.75) is 38.7 Å². The quantitative estimate of drug-likeness (QED) is 0.647. The van der Waals surface area contributed by atoms with Gasteiger partial charge in [-0.2, -0.15) is 0 Å². The third-order valence-electron chi connectivity index (χ3n) is 4.00. The fraction of sp³-hybridized carbons (Fsp3) is 0.929. The lowest BCUT2D eigenvalue weighted by Gasteiger charge is -2.32. The molecule has 0 aromatic heterocycles. The summed E-state index contributed by atoms with van der Waals surface area (Å²) >= 11 is 0. The van der Waals surface area contributed by atoms with E-state index in [1.54, 1.807) is 0 Å². The number of hydrogen-bond donors (Lipinski definition) is 3. The minimum Gasteiger partial charge on any atom is -0.389 e. The van der Waals surface area contributed by atoms with Crippen molar-refractivity contribution in [1.29, 1.82) is 0 Å². The monoisotopic (exact) mass is 306 g/mol. The Morgan fingerprint density at radius 3 is 2.90 bits per heavy atom. The van der Waals surface area contributed by atoms with Crippen molar-refractivity contribution in [3.8, 4) is 0 Å². The first-order valence-electron chi connectivity index (χ1n) is 7.35. The summed E-state index contributed by atoms with van der Waals surface area (Å²) in [4.78, 5) is 12.1. The second kappa shape index (κ2) is 8.17. The number of carbonyl (C=O) groups excluding carboxylic acids is 1. The molecule has 1 saturated heterocycles. The summed E-state index contributed by atoms with van der Waals surface area (Å²) in [6, 6.07) is 0. The minimum absolute atomic E-state index is 0. The van der Waals surface area contributed by atoms with Gasteiger partial charge in [-0.05, 0) is 45.1 Å². The van der Waals surface area contributed by atoms with Crippen LogP contribution in [0.4, 0.5) is 0 Å². The van der Waals surface area contributed by atoms with Crippen molar-refractivity contribution in [1.82, 2.24) is 10.6 Å². The van der Waals surface area contributed by atoms with E-state index in [4.69, 9.17) is 4.74 Å². The van der Waals surface area contributed by atoms with Crippen molar-refractivity contribution in [2.75, 3.05) is 32.8 Å². The number of amides is 1. The molecule has 5 nitrogen and oxygen atoms in total. The van der Waals surface area contributed by atoms with E-state index in [0.29, 0.717) is 19.1 Å². The zero-order chi connectivity index (χ0) is 13.7. The van der Waals surface area contributed by atoms with E-state index < -0.39 is 6.10 Å². The second-order valence-electron chi connectivity index (χ2n) is 6.19. The van der Waals surface area contributed by atoms with Crippen molar-refractivity contribution < 1.29 is 14.6 Å². The van der Waals surface area contributed by atoms with Crippen molar-refractivity contribution in [2.24, 2.45) is 11.3 Å². The van der Waals surface area contributed by atoms with Gasteiger partial charge in [0.1, 0.15) is 0 Å². The van der Waals surface area contributed by atoms with Crippen LogP contribution in [0.3, 0.4) is 0 Å². The average molecular weight is 307 g/mol. The molecule has 2 fully saturated rings. The van der Waals surface area contributed by atoms with Crippen molar-refractivity contribution in [3.05, 3.63) is 0 Å². The molecule has 0 aromatic rings. The highest BCUT2D eigenvalue weighted by Crippen LogP contribution is 2.28. The van der Waals surface area contributed by atoms with E-state index in [9.17, 15) is 9.90 Å². The molecule has 1 heterocycles. The summed E-state index contributed by atoms with van der Waals surface area (Å²) in [6.45, 7) is 5.01. The van der Waals surface area contributed by atoms with E-state index in [1.165, 1.54) is 12.8 Å². The van der Waals surface area contributed by atoms with Crippen LogP contribution in [-0.4, -0.2) is 50.0 Å². The highest BCUT2D eigenvalue weighted by atomic mass is 35.5. The van der Waals surface area contributed by atoms with E-state index in [2.05, 4.69) is 10.6 Å². The maximum absolute atomic E-state index is 12.1. The van der Waals surface area contributed by atoms with Crippen LogP contribution < -0.4 is 10.6 Å². The summed E-state index contributed by atoms with van der Waals surface area (Å²) < 4.78 is 5.41. The highest BCUT2D eigenvalue weighted by molar-refractivity contribution is 5.85. The van der Waals surface area contributed by atoms with Gasteiger partial charge in [-0.15, -0.1) is 12.4 Å². The number of halogens is 1. The largest absolute Gasteiger partial charge is 0.389 e. The topological polar surface area (TPSA) is 70.6 Å². The molecule has 6 heteroatoms. The number of hydrogen-bond acceptors (Lipinski definition) is 4. The summed E-state index contributed by atoms with van der Waals surface area (Å²) in [6.07, 6.45) is 3.82. The average Bonchev–Trinajstić information content (AvgIpc) is 3.21. The molecule has 1 saturated carbocycles. The normalized spacial score (nSPS) is 27.5. The lowest BCUT2D eigenvalue weighted by molar-refractivity contribution is -0.131. The number of rotatable bonds is 7. The van der Waals surface area contributed by atoms with Gasteiger partial charge < -0.3 is 20.5 Å². The molecular formula is C14H27ClN2O3. The Morgan fingerprint density at radius 2 is 2.30 bits per heavy atom. The fourth-order valence-corrected chi connectivity index (χ4v) is 2.39. The van der Waals surface area contributed by atoms with E-state index in [1.807, 2.05) is 6.92 Å². The third kappa shape index (κ3) is 5.56. The molecule has 2 atom stereocenters. The predicted octanol–water partition coefficient (Wildman–Crippen LogP) is 0.702. The van der Waals surface area contributed by atoms with Crippen LogP contribution in [0.1, 0.15) is 32.6 Å². The first-order chi connectivity index (χ1) is 9.10. The summed E-state index contributed by atoms with van der Waals surface area (Å²) in [5.74, 6) is 0.731. The highest BCUT2D eigenvalue weighted by Gasteiger charge is 2.34. The Morgan fingerprint density at radius 1 is 1.55 bits per heavy atom. The molecule has 1 amide bonds. The van der Waals surface area contributed by atoms with Gasteiger partial charge in [0.2, 0.25) is 5.91 Å². The first-order valence-corrected chi connectivity index (χ1v) is 7.35. The molecule has 0 bridgehead atoms. The molecule has 0 spiro atoms. The number of ether oxygens (including phenoxy) is 1. The molecule has 0 aromatic carbocycles. The van der Waals surface area contributed by atoms with Crippen LogP contribution in [0.15, 0.2) is 0 Å². The summed E-state index contributed by atoms with van der Waals surface area (Å²) in [5.41, 5.74) is -0.340. The lowest BCUT2D eigenvalue weighted by Crippen LogP contribution is -2.50. The maximum Gasteiger partial charge on any atom is 0.227 e. The maximum atomic E-state index is 12.1. The summed E-state index contributed by atoms with van der Waals surface area (Å²) in [5, 5.41) is 15.8. The van der Waals surface area contributed by atoms with Crippen LogP contribution >= 0.6 is 12.4 Å². The van der Waals surface area contributed by atoms with Crippen LogP contribution in [0.25, 0.3) is 0 Å². The zero-order valence-electron chi connectivity index (χ0n) is 12.2. The number of nitrogens with one attached hydrogen (secondary N) is 2. The second-order valence-corrected chi connectivity index (χ2v) is 6.19. The molecule has 2 rings (SSSR count). The number of carbonyl (C=O) groups is 1. The minimum atomic E-state index is -0.608. The third-order valence-corrected chi connectivity index (χ3v) is 4.00. The zero-order valence-corrected chi connectivity index (χ0v) is 13.0. The predicted molar refractivity (Wildman–Crippen MR) is 80.0 cm³/mol. The van der Waals surface area contributed by atoms with Gasteiger partial charge in [-0.1, -0.05) is 0 Å². The Labute approximate surface area is 127 Å². The number of aliphatic hydroxyl groups excluding tert-OH is 1.